The quantitative estimate of drug-likeness (QED) is 0.448. The number of hydrogen-bond acceptors (Lipinski definition) is 4. The van der Waals surface area contributed by atoms with Gasteiger partial charge in [0.1, 0.15) is 0 Å². The number of aromatic nitrogens is 1. The zero-order chi connectivity index (χ0) is 23.8. The second kappa shape index (κ2) is 11.2. The van der Waals surface area contributed by atoms with Crippen LogP contribution in [0.4, 0.5) is 0 Å². The lowest BCUT2D eigenvalue weighted by Crippen LogP contribution is -2.32. The molecule has 0 fully saturated rings. The molecule has 3 rings (SSSR count). The fourth-order valence-electron chi connectivity index (χ4n) is 3.88. The summed E-state index contributed by atoms with van der Waals surface area (Å²) in [6.45, 7) is 4.51. The Bertz CT molecular complexity index is 1090. The van der Waals surface area contributed by atoms with Crippen LogP contribution in [-0.4, -0.2) is 48.7 Å². The average Bonchev–Trinajstić information content (AvgIpc) is 2.85. The predicted molar refractivity (Wildman–Crippen MR) is 130 cm³/mol. The molecule has 33 heavy (non-hydrogen) atoms. The van der Waals surface area contributed by atoms with Crippen LogP contribution < -0.4 is 0 Å². The van der Waals surface area contributed by atoms with Crippen molar-refractivity contribution in [1.82, 2.24) is 14.2 Å². The number of benzene rings is 2. The molecular weight excluding hydrogens is 434 g/mol. The number of aryl methyl sites for hydroxylation is 1. The first kappa shape index (κ1) is 24.6. The second-order valence-corrected chi connectivity index (χ2v) is 9.74. The lowest BCUT2D eigenvalue weighted by atomic mass is 10.0. The van der Waals surface area contributed by atoms with Gasteiger partial charge in [0.05, 0.1) is 16.6 Å². The lowest BCUT2D eigenvalue weighted by molar-refractivity contribution is -0.131. The Morgan fingerprint density at radius 3 is 2.12 bits per heavy atom. The Morgan fingerprint density at radius 2 is 1.55 bits per heavy atom. The molecule has 0 spiro atoms. The number of pyridine rings is 1. The molecule has 1 heterocycles. The summed E-state index contributed by atoms with van der Waals surface area (Å²) in [5, 5.41) is 0. The molecule has 0 aliphatic rings. The van der Waals surface area contributed by atoms with Crippen molar-refractivity contribution in [2.45, 2.75) is 37.6 Å². The smallest absolute Gasteiger partial charge is 0.243 e. The summed E-state index contributed by atoms with van der Waals surface area (Å²) in [4.78, 5) is 19.6. The third kappa shape index (κ3) is 5.86. The van der Waals surface area contributed by atoms with E-state index in [0.717, 1.165) is 16.8 Å². The van der Waals surface area contributed by atoms with Crippen LogP contribution in [0.2, 0.25) is 0 Å². The molecule has 1 atom stereocenters. The summed E-state index contributed by atoms with van der Waals surface area (Å²) in [5.74, 6) is -0.00524. The van der Waals surface area contributed by atoms with Gasteiger partial charge in [0, 0.05) is 32.8 Å². The molecule has 0 aliphatic heterocycles. The van der Waals surface area contributed by atoms with Crippen LogP contribution in [0.1, 0.15) is 43.1 Å². The zero-order valence-electron chi connectivity index (χ0n) is 19.4. The summed E-state index contributed by atoms with van der Waals surface area (Å²) in [6.07, 6.45) is 2.57. The molecule has 1 unspecified atom stereocenters. The fraction of sp³-hybridized carbons (Fsp3) is 0.308. The SMILES string of the molecule is CCN(CC)S(=O)(=O)c1ccc(CCC(=O)N(C)C(c2ccccc2)c2ccccn2)cc1. The Morgan fingerprint density at radius 1 is 0.909 bits per heavy atom. The van der Waals surface area contributed by atoms with Crippen LogP contribution in [0.5, 0.6) is 0 Å². The first-order valence-corrected chi connectivity index (χ1v) is 12.6. The Balaban J connectivity index is 1.72. The van der Waals surface area contributed by atoms with E-state index in [1.807, 2.05) is 62.4 Å². The third-order valence-corrected chi connectivity index (χ3v) is 7.82. The normalized spacial score (nSPS) is 12.5. The van der Waals surface area contributed by atoms with Gasteiger partial charge in [-0.05, 0) is 41.8 Å². The number of nitrogens with zero attached hydrogens (tertiary/aromatic N) is 3. The van der Waals surface area contributed by atoms with E-state index in [-0.39, 0.29) is 16.8 Å². The van der Waals surface area contributed by atoms with Crippen molar-refractivity contribution in [3.8, 4) is 0 Å². The molecule has 0 bridgehead atoms. The minimum absolute atomic E-state index is 0.00524. The van der Waals surface area contributed by atoms with Gasteiger partial charge in [0.15, 0.2) is 0 Å². The van der Waals surface area contributed by atoms with Crippen LogP contribution in [-0.2, 0) is 21.2 Å². The molecule has 1 aromatic heterocycles. The third-order valence-electron chi connectivity index (χ3n) is 5.76. The molecule has 3 aromatic rings. The highest BCUT2D eigenvalue weighted by atomic mass is 32.2. The molecule has 0 saturated heterocycles. The standard InChI is InChI=1S/C26H31N3O3S/c1-4-29(5-2)33(31,32)23-17-14-21(15-18-23)16-19-25(30)28(3)26(22-11-7-6-8-12-22)24-13-9-10-20-27-24/h6-15,17-18,20,26H,4-5,16,19H2,1-3H3. The number of carbonyl (C=O) groups is 1. The molecule has 0 N–H and O–H groups in total. The zero-order valence-corrected chi connectivity index (χ0v) is 20.2. The van der Waals surface area contributed by atoms with Gasteiger partial charge in [0.25, 0.3) is 0 Å². The van der Waals surface area contributed by atoms with Crippen molar-refractivity contribution < 1.29 is 13.2 Å². The first-order chi connectivity index (χ1) is 15.9. The molecule has 174 valence electrons. The summed E-state index contributed by atoms with van der Waals surface area (Å²) >= 11 is 0. The van der Waals surface area contributed by atoms with Crippen molar-refractivity contribution in [3.05, 3.63) is 95.8 Å². The maximum Gasteiger partial charge on any atom is 0.243 e. The summed E-state index contributed by atoms with van der Waals surface area (Å²) < 4.78 is 26.8. The first-order valence-electron chi connectivity index (χ1n) is 11.2. The van der Waals surface area contributed by atoms with E-state index in [1.165, 1.54) is 4.31 Å². The number of sulfonamides is 1. The highest BCUT2D eigenvalue weighted by Gasteiger charge is 2.25. The van der Waals surface area contributed by atoms with Gasteiger partial charge in [-0.3, -0.25) is 9.78 Å². The van der Waals surface area contributed by atoms with Gasteiger partial charge in [-0.2, -0.15) is 4.31 Å². The fourth-order valence-corrected chi connectivity index (χ4v) is 5.34. The predicted octanol–water partition coefficient (Wildman–Crippen LogP) is 4.29. The highest BCUT2D eigenvalue weighted by Crippen LogP contribution is 2.27. The topological polar surface area (TPSA) is 70.6 Å². The van der Waals surface area contributed by atoms with Crippen LogP contribution in [0.15, 0.2) is 83.9 Å². The largest absolute Gasteiger partial charge is 0.333 e. The van der Waals surface area contributed by atoms with Crippen molar-refractivity contribution in [1.29, 1.82) is 0 Å². The maximum absolute atomic E-state index is 13.1. The average molecular weight is 466 g/mol. The van der Waals surface area contributed by atoms with Gasteiger partial charge in [-0.25, -0.2) is 8.42 Å². The van der Waals surface area contributed by atoms with E-state index < -0.39 is 10.0 Å². The Labute approximate surface area is 196 Å². The highest BCUT2D eigenvalue weighted by molar-refractivity contribution is 7.89. The molecule has 0 saturated carbocycles. The maximum atomic E-state index is 13.1. The van der Waals surface area contributed by atoms with Gasteiger partial charge < -0.3 is 4.90 Å². The lowest BCUT2D eigenvalue weighted by Gasteiger charge is -2.28. The molecule has 6 nitrogen and oxygen atoms in total. The second-order valence-electron chi connectivity index (χ2n) is 7.81. The van der Waals surface area contributed by atoms with Crippen molar-refractivity contribution in [3.63, 3.8) is 0 Å². The number of rotatable bonds is 10. The van der Waals surface area contributed by atoms with E-state index in [2.05, 4.69) is 4.98 Å². The summed E-state index contributed by atoms with van der Waals surface area (Å²) in [5.41, 5.74) is 2.73. The van der Waals surface area contributed by atoms with E-state index in [9.17, 15) is 13.2 Å². The van der Waals surface area contributed by atoms with Gasteiger partial charge in [-0.1, -0.05) is 62.4 Å². The molecule has 0 radical (unpaired) electrons. The minimum Gasteiger partial charge on any atom is -0.333 e. The molecule has 7 heteroatoms. The van der Waals surface area contributed by atoms with Crippen LogP contribution >= 0.6 is 0 Å². The minimum atomic E-state index is -3.48. The van der Waals surface area contributed by atoms with Gasteiger partial charge >= 0.3 is 0 Å². The van der Waals surface area contributed by atoms with Crippen molar-refractivity contribution in [2.24, 2.45) is 0 Å². The van der Waals surface area contributed by atoms with E-state index in [1.54, 1.807) is 42.4 Å². The molecule has 0 aliphatic carbocycles. The van der Waals surface area contributed by atoms with Crippen LogP contribution in [0.3, 0.4) is 0 Å². The van der Waals surface area contributed by atoms with E-state index in [4.69, 9.17) is 0 Å². The Kier molecular flexibility index (Phi) is 8.36. The molecule has 1 amide bonds. The Hall–Kier alpha value is -3.03. The van der Waals surface area contributed by atoms with Crippen molar-refractivity contribution in [2.75, 3.05) is 20.1 Å². The van der Waals surface area contributed by atoms with Crippen LogP contribution in [0.25, 0.3) is 0 Å². The molecular formula is C26H31N3O3S. The van der Waals surface area contributed by atoms with E-state index >= 15 is 0 Å². The number of amides is 1. The molecule has 2 aromatic carbocycles. The van der Waals surface area contributed by atoms with Gasteiger partial charge in [-0.15, -0.1) is 0 Å². The van der Waals surface area contributed by atoms with Crippen LogP contribution in [0, 0.1) is 0 Å². The van der Waals surface area contributed by atoms with Gasteiger partial charge in [0.2, 0.25) is 15.9 Å². The summed E-state index contributed by atoms with van der Waals surface area (Å²) in [7, 11) is -1.68. The van der Waals surface area contributed by atoms with E-state index in [0.29, 0.717) is 25.9 Å². The number of hydrogen-bond donors (Lipinski definition) is 0. The number of carbonyl (C=O) groups excluding carboxylic acids is 1. The monoisotopic (exact) mass is 465 g/mol. The van der Waals surface area contributed by atoms with Crippen molar-refractivity contribution >= 4 is 15.9 Å². The summed E-state index contributed by atoms with van der Waals surface area (Å²) in [6, 6.07) is 22.1.